The second-order valence-electron chi connectivity index (χ2n) is 8.05. The van der Waals surface area contributed by atoms with Gasteiger partial charge in [0, 0.05) is 34.5 Å². The fourth-order valence-corrected chi connectivity index (χ4v) is 4.84. The quantitative estimate of drug-likeness (QED) is 0.363. The summed E-state index contributed by atoms with van der Waals surface area (Å²) in [4.78, 5) is 6.86. The first-order valence-corrected chi connectivity index (χ1v) is 11.3. The highest BCUT2D eigenvalue weighted by molar-refractivity contribution is 7.80. The van der Waals surface area contributed by atoms with E-state index < -0.39 is 0 Å². The minimum Gasteiger partial charge on any atom is -0.351 e. The van der Waals surface area contributed by atoms with Crippen LogP contribution < -0.4 is 10.2 Å². The normalized spacial score (nSPS) is 18.1. The fourth-order valence-electron chi connectivity index (χ4n) is 4.31. The third kappa shape index (κ3) is 3.68. The smallest absolute Gasteiger partial charge is 0.174 e. The van der Waals surface area contributed by atoms with Crippen molar-refractivity contribution in [1.82, 2.24) is 14.9 Å². The highest BCUT2D eigenvalue weighted by Crippen LogP contribution is 2.42. The minimum atomic E-state index is -0.0989. The third-order valence-electron chi connectivity index (χ3n) is 6.04. The Bertz CT molecular complexity index is 1280. The van der Waals surface area contributed by atoms with Crippen LogP contribution in [0.1, 0.15) is 34.6 Å². The minimum absolute atomic E-state index is 0.0894. The molecule has 0 radical (unpaired) electrons. The summed E-state index contributed by atoms with van der Waals surface area (Å²) < 4.78 is 2.18. The maximum Gasteiger partial charge on any atom is 0.174 e. The topological polar surface area (TPSA) is 33.1 Å². The van der Waals surface area contributed by atoms with Crippen molar-refractivity contribution in [2.45, 2.75) is 25.9 Å². The zero-order valence-electron chi connectivity index (χ0n) is 17.9. The molecular weight excluding hydrogens is 436 g/mol. The maximum atomic E-state index is 6.31. The number of rotatable bonds is 4. The SMILES string of the molecule is Cc1ccc(N2C(=S)NC(c3ccccn3)C2c2cccn2-c2cccc(Cl)c2)cc1C. The van der Waals surface area contributed by atoms with Crippen molar-refractivity contribution >= 4 is 34.6 Å². The maximum absolute atomic E-state index is 6.31. The van der Waals surface area contributed by atoms with Gasteiger partial charge in [0.25, 0.3) is 0 Å². The van der Waals surface area contributed by atoms with Gasteiger partial charge in [0.1, 0.15) is 6.04 Å². The van der Waals surface area contributed by atoms with Gasteiger partial charge in [-0.15, -0.1) is 0 Å². The predicted octanol–water partition coefficient (Wildman–Crippen LogP) is 6.32. The standard InChI is InChI=1S/C26H23ClN4S/c1-17-11-12-21(15-18(17)2)31-25(24(29-26(31)32)22-9-3-4-13-28-22)23-10-6-14-30(23)20-8-5-7-19(27)16-20/h3-16,24-25H,1-2H3,(H,29,32). The van der Waals surface area contributed by atoms with E-state index in [1.54, 1.807) is 0 Å². The van der Waals surface area contributed by atoms with Crippen molar-refractivity contribution in [3.63, 3.8) is 0 Å². The van der Waals surface area contributed by atoms with Gasteiger partial charge in [-0.2, -0.15) is 0 Å². The molecule has 0 spiro atoms. The molecule has 6 heteroatoms. The summed E-state index contributed by atoms with van der Waals surface area (Å²) in [5.41, 5.74) is 6.61. The van der Waals surface area contributed by atoms with Crippen LogP contribution in [0, 0.1) is 13.8 Å². The molecule has 2 aromatic carbocycles. The fraction of sp³-hybridized carbons (Fsp3) is 0.154. The van der Waals surface area contributed by atoms with Crippen LogP contribution in [0.3, 0.4) is 0 Å². The van der Waals surface area contributed by atoms with Gasteiger partial charge in [-0.3, -0.25) is 4.98 Å². The molecule has 4 aromatic rings. The molecule has 1 fully saturated rings. The van der Waals surface area contributed by atoms with Gasteiger partial charge >= 0.3 is 0 Å². The van der Waals surface area contributed by atoms with Crippen molar-refractivity contribution in [1.29, 1.82) is 0 Å². The van der Waals surface area contributed by atoms with E-state index in [0.29, 0.717) is 10.1 Å². The molecule has 1 aliphatic rings. The van der Waals surface area contributed by atoms with E-state index in [9.17, 15) is 0 Å². The number of thiocarbonyl (C=S) groups is 1. The van der Waals surface area contributed by atoms with Gasteiger partial charge in [-0.25, -0.2) is 0 Å². The van der Waals surface area contributed by atoms with Gasteiger partial charge in [0.15, 0.2) is 5.11 Å². The number of anilines is 1. The zero-order valence-corrected chi connectivity index (χ0v) is 19.4. The number of nitrogens with one attached hydrogen (secondary N) is 1. The Hall–Kier alpha value is -3.15. The Morgan fingerprint density at radius 1 is 0.906 bits per heavy atom. The van der Waals surface area contributed by atoms with Crippen LogP contribution >= 0.6 is 23.8 Å². The Labute approximate surface area is 198 Å². The molecule has 2 aromatic heterocycles. The van der Waals surface area contributed by atoms with Crippen molar-refractivity contribution < 1.29 is 0 Å². The summed E-state index contributed by atoms with van der Waals surface area (Å²) in [5, 5.41) is 4.93. The lowest BCUT2D eigenvalue weighted by molar-refractivity contribution is 0.549. The number of halogens is 1. The molecular formula is C26H23ClN4S. The lowest BCUT2D eigenvalue weighted by Gasteiger charge is -2.29. The average molecular weight is 459 g/mol. The summed E-state index contributed by atoms with van der Waals surface area (Å²) in [7, 11) is 0. The largest absolute Gasteiger partial charge is 0.351 e. The average Bonchev–Trinajstić information content (AvgIpc) is 3.40. The first kappa shape index (κ1) is 20.7. The molecule has 0 saturated carbocycles. The monoisotopic (exact) mass is 458 g/mol. The van der Waals surface area contributed by atoms with Crippen molar-refractivity contribution in [3.05, 3.63) is 113 Å². The second-order valence-corrected chi connectivity index (χ2v) is 8.87. The molecule has 4 nitrogen and oxygen atoms in total. The molecule has 2 atom stereocenters. The molecule has 160 valence electrons. The lowest BCUT2D eigenvalue weighted by atomic mass is 10.00. The van der Waals surface area contributed by atoms with Gasteiger partial charge < -0.3 is 14.8 Å². The summed E-state index contributed by atoms with van der Waals surface area (Å²) >= 11 is 12.2. The summed E-state index contributed by atoms with van der Waals surface area (Å²) in [6.45, 7) is 4.25. The summed E-state index contributed by atoms with van der Waals surface area (Å²) in [6.07, 6.45) is 3.89. The van der Waals surface area contributed by atoms with Crippen molar-refractivity contribution in [2.75, 3.05) is 4.90 Å². The Kier molecular flexibility index (Phi) is 5.45. The highest BCUT2D eigenvalue weighted by Gasteiger charge is 2.42. The molecule has 1 saturated heterocycles. The van der Waals surface area contributed by atoms with E-state index in [1.165, 1.54) is 11.1 Å². The van der Waals surface area contributed by atoms with Crippen LogP contribution in [0.5, 0.6) is 0 Å². The third-order valence-corrected chi connectivity index (χ3v) is 6.59. The molecule has 2 unspecified atom stereocenters. The lowest BCUT2D eigenvalue weighted by Crippen LogP contribution is -2.30. The molecule has 5 rings (SSSR count). The second kappa shape index (κ2) is 8.41. The predicted molar refractivity (Wildman–Crippen MR) is 135 cm³/mol. The number of benzene rings is 2. The molecule has 1 aliphatic heterocycles. The van der Waals surface area contributed by atoms with Crippen LogP contribution in [0.25, 0.3) is 5.69 Å². The van der Waals surface area contributed by atoms with Gasteiger partial charge in [-0.05, 0) is 91.8 Å². The molecule has 0 bridgehead atoms. The van der Waals surface area contributed by atoms with Crippen LogP contribution in [-0.4, -0.2) is 14.7 Å². The van der Waals surface area contributed by atoms with Crippen LogP contribution in [-0.2, 0) is 0 Å². The van der Waals surface area contributed by atoms with E-state index in [2.05, 4.69) is 76.2 Å². The van der Waals surface area contributed by atoms with Crippen molar-refractivity contribution in [2.24, 2.45) is 0 Å². The molecule has 0 amide bonds. The van der Waals surface area contributed by atoms with Crippen molar-refractivity contribution in [3.8, 4) is 5.69 Å². The number of hydrogen-bond acceptors (Lipinski definition) is 2. The van der Waals surface area contributed by atoms with E-state index >= 15 is 0 Å². The summed E-state index contributed by atoms with van der Waals surface area (Å²) in [5.74, 6) is 0. The van der Waals surface area contributed by atoms with E-state index in [1.807, 2.05) is 42.6 Å². The van der Waals surface area contributed by atoms with Gasteiger partial charge in [-0.1, -0.05) is 29.8 Å². The first-order valence-electron chi connectivity index (χ1n) is 10.5. The summed E-state index contributed by atoms with van der Waals surface area (Å²) in [6, 6.07) is 24.4. The molecule has 3 heterocycles. The highest BCUT2D eigenvalue weighted by atomic mass is 35.5. The molecule has 32 heavy (non-hydrogen) atoms. The molecule has 0 aliphatic carbocycles. The van der Waals surface area contributed by atoms with Crippen LogP contribution in [0.4, 0.5) is 5.69 Å². The Morgan fingerprint density at radius 3 is 2.53 bits per heavy atom. The number of hydrogen-bond donors (Lipinski definition) is 1. The molecule has 1 N–H and O–H groups in total. The van der Waals surface area contributed by atoms with Gasteiger partial charge in [0.05, 0.1) is 11.7 Å². The van der Waals surface area contributed by atoms with Crippen LogP contribution in [0.2, 0.25) is 5.02 Å². The zero-order chi connectivity index (χ0) is 22.2. The van der Waals surface area contributed by atoms with E-state index in [-0.39, 0.29) is 12.1 Å². The van der Waals surface area contributed by atoms with Crippen LogP contribution in [0.15, 0.2) is 85.2 Å². The van der Waals surface area contributed by atoms with E-state index in [4.69, 9.17) is 23.8 Å². The van der Waals surface area contributed by atoms with Gasteiger partial charge in [0.2, 0.25) is 0 Å². The number of pyridine rings is 1. The Balaban J connectivity index is 1.68. The number of nitrogens with zero attached hydrogens (tertiary/aromatic N) is 3. The number of aromatic nitrogens is 2. The number of aryl methyl sites for hydroxylation is 2. The van der Waals surface area contributed by atoms with E-state index in [0.717, 1.165) is 22.8 Å². The first-order chi connectivity index (χ1) is 15.5. The Morgan fingerprint density at radius 2 is 1.78 bits per heavy atom.